The number of nitrogens with one attached hydrogen (secondary N) is 1. The Morgan fingerprint density at radius 2 is 1.85 bits per heavy atom. The molecule has 0 bridgehead atoms. The molecule has 39 heavy (non-hydrogen) atoms. The van der Waals surface area contributed by atoms with E-state index in [1.54, 1.807) is 22.2 Å². The van der Waals surface area contributed by atoms with Gasteiger partial charge in [-0.2, -0.15) is 13.2 Å². The van der Waals surface area contributed by atoms with Gasteiger partial charge in [0.15, 0.2) is 5.82 Å². The molecule has 1 N–H and O–H groups in total. The third kappa shape index (κ3) is 5.47. The van der Waals surface area contributed by atoms with Crippen LogP contribution in [0.15, 0.2) is 77.2 Å². The van der Waals surface area contributed by atoms with Crippen molar-refractivity contribution >= 4 is 23.7 Å². The number of hydrazine groups is 1. The van der Waals surface area contributed by atoms with E-state index in [1.165, 1.54) is 12.1 Å². The van der Waals surface area contributed by atoms with E-state index in [4.69, 9.17) is 4.74 Å². The lowest BCUT2D eigenvalue weighted by atomic mass is 9.79. The highest BCUT2D eigenvalue weighted by molar-refractivity contribution is 5.86. The van der Waals surface area contributed by atoms with E-state index < -0.39 is 23.1 Å². The molecular formula is C29H29F3N4O3. The first-order chi connectivity index (χ1) is 18.7. The molecular weight excluding hydrogens is 509 g/mol. The van der Waals surface area contributed by atoms with Gasteiger partial charge in [0, 0.05) is 31.3 Å². The van der Waals surface area contributed by atoms with Gasteiger partial charge in [0.25, 0.3) is 0 Å². The minimum absolute atomic E-state index is 0.0659. The van der Waals surface area contributed by atoms with Crippen LogP contribution in [0.5, 0.6) is 0 Å². The fourth-order valence-electron chi connectivity index (χ4n) is 5.18. The standard InChI is InChI=1S/C29H29F3N4O3/c1-28(18-20-6-3-2-4-7-20,27(38)39-17-16-35-15-5-8-25(35)37)24-13-14-33-26-23(19-34-36(24)26)21-9-11-22(12-10-21)29(30,31)32/h2-4,6-7,9-14,34H,5,8,15-19H2,1H3. The number of rotatable bonds is 8. The van der Waals surface area contributed by atoms with E-state index in [2.05, 4.69) is 10.4 Å². The molecule has 5 rings (SSSR count). The molecule has 1 fully saturated rings. The van der Waals surface area contributed by atoms with Gasteiger partial charge < -0.3 is 9.64 Å². The van der Waals surface area contributed by atoms with Crippen LogP contribution in [-0.2, 0) is 26.9 Å². The Labute approximate surface area is 224 Å². The first kappa shape index (κ1) is 26.7. The second-order valence-corrected chi connectivity index (χ2v) is 9.99. The monoisotopic (exact) mass is 538 g/mol. The third-order valence-corrected chi connectivity index (χ3v) is 7.31. The van der Waals surface area contributed by atoms with Crippen molar-refractivity contribution < 1.29 is 27.5 Å². The summed E-state index contributed by atoms with van der Waals surface area (Å²) < 4.78 is 45.0. The van der Waals surface area contributed by atoms with Crippen LogP contribution in [0.4, 0.5) is 13.2 Å². The van der Waals surface area contributed by atoms with Crippen LogP contribution in [0.3, 0.4) is 0 Å². The average molecular weight is 539 g/mol. The van der Waals surface area contributed by atoms with Crippen molar-refractivity contribution in [3.05, 3.63) is 88.9 Å². The number of carbonyl (C=O) groups excluding carboxylic acids is 2. The molecule has 3 heterocycles. The van der Waals surface area contributed by atoms with Crippen molar-refractivity contribution in [2.75, 3.05) is 26.2 Å². The van der Waals surface area contributed by atoms with Gasteiger partial charge in [0.2, 0.25) is 5.91 Å². The first-order valence-electron chi connectivity index (χ1n) is 12.8. The summed E-state index contributed by atoms with van der Waals surface area (Å²) in [5, 5.41) is 1.72. The van der Waals surface area contributed by atoms with Crippen molar-refractivity contribution in [3.8, 4) is 0 Å². The van der Waals surface area contributed by atoms with Gasteiger partial charge in [-0.25, -0.2) is 10.4 Å². The van der Waals surface area contributed by atoms with Gasteiger partial charge in [0.1, 0.15) is 12.0 Å². The Hall–Kier alpha value is -3.92. The summed E-state index contributed by atoms with van der Waals surface area (Å²) in [5.41, 5.74) is 4.27. The molecule has 0 aromatic heterocycles. The second kappa shape index (κ2) is 10.7. The van der Waals surface area contributed by atoms with E-state index in [-0.39, 0.29) is 12.5 Å². The molecule has 0 spiro atoms. The molecule has 0 radical (unpaired) electrons. The number of hydrogen-bond donors (Lipinski definition) is 1. The fourth-order valence-corrected chi connectivity index (χ4v) is 5.18. The number of benzene rings is 2. The number of halogens is 3. The summed E-state index contributed by atoms with van der Waals surface area (Å²) in [6, 6.07) is 14.5. The van der Waals surface area contributed by atoms with Gasteiger partial charge >= 0.3 is 12.1 Å². The van der Waals surface area contributed by atoms with Crippen LogP contribution >= 0.6 is 0 Å². The summed E-state index contributed by atoms with van der Waals surface area (Å²) in [7, 11) is 0. The van der Waals surface area contributed by atoms with E-state index in [0.29, 0.717) is 55.1 Å². The number of ether oxygens (including phenoxy) is 1. The summed E-state index contributed by atoms with van der Waals surface area (Å²) in [6.07, 6.45) is 0.593. The zero-order valence-corrected chi connectivity index (χ0v) is 21.5. The van der Waals surface area contributed by atoms with Crippen molar-refractivity contribution in [2.45, 2.75) is 32.4 Å². The van der Waals surface area contributed by atoms with Crippen LogP contribution in [0.1, 0.15) is 36.5 Å². The maximum atomic E-state index is 13.7. The predicted molar refractivity (Wildman–Crippen MR) is 140 cm³/mol. The number of alkyl halides is 3. The molecule has 10 heteroatoms. The van der Waals surface area contributed by atoms with Crippen molar-refractivity contribution in [3.63, 3.8) is 0 Å². The zero-order chi connectivity index (χ0) is 27.6. The molecule has 1 unspecified atom stereocenters. The Morgan fingerprint density at radius 1 is 1.10 bits per heavy atom. The Balaban J connectivity index is 1.42. The molecule has 2 aromatic carbocycles. The summed E-state index contributed by atoms with van der Waals surface area (Å²) in [4.78, 5) is 31.9. The molecule has 2 aromatic rings. The largest absolute Gasteiger partial charge is 0.463 e. The number of amides is 1. The molecule has 1 saturated heterocycles. The first-order valence-corrected chi connectivity index (χ1v) is 12.8. The van der Waals surface area contributed by atoms with Crippen LogP contribution in [-0.4, -0.2) is 54.2 Å². The SMILES string of the molecule is CC(Cc1ccccc1)(C(=O)OCCN1CCCC1=O)C1=CC=NC2=C(c3ccc(C(F)(F)F)cc3)CNN12. The number of nitrogens with zero attached hydrogens (tertiary/aromatic N) is 3. The van der Waals surface area contributed by atoms with Crippen LogP contribution in [0, 0.1) is 5.41 Å². The average Bonchev–Trinajstić information content (AvgIpc) is 3.54. The number of esters is 1. The number of allylic oxidation sites excluding steroid dienone is 1. The van der Waals surface area contributed by atoms with Gasteiger partial charge in [-0.15, -0.1) is 0 Å². The highest BCUT2D eigenvalue weighted by Crippen LogP contribution is 2.41. The number of carbonyl (C=O) groups is 2. The molecule has 204 valence electrons. The lowest BCUT2D eigenvalue weighted by molar-refractivity contribution is -0.154. The van der Waals surface area contributed by atoms with Gasteiger partial charge in [-0.3, -0.25) is 14.6 Å². The van der Waals surface area contributed by atoms with Crippen molar-refractivity contribution in [2.24, 2.45) is 10.4 Å². The minimum atomic E-state index is -4.42. The highest BCUT2D eigenvalue weighted by Gasteiger charge is 2.45. The summed E-state index contributed by atoms with van der Waals surface area (Å²) in [6.45, 7) is 3.23. The smallest absolute Gasteiger partial charge is 0.416 e. The van der Waals surface area contributed by atoms with E-state index in [9.17, 15) is 22.8 Å². The number of aliphatic imine (C=N–C) groups is 1. The molecule has 7 nitrogen and oxygen atoms in total. The van der Waals surface area contributed by atoms with Gasteiger partial charge in [-0.1, -0.05) is 42.5 Å². The predicted octanol–water partition coefficient (Wildman–Crippen LogP) is 4.58. The molecule has 3 aliphatic rings. The van der Waals surface area contributed by atoms with Crippen molar-refractivity contribution in [1.29, 1.82) is 0 Å². The van der Waals surface area contributed by atoms with Crippen molar-refractivity contribution in [1.82, 2.24) is 15.3 Å². The lowest BCUT2D eigenvalue weighted by Gasteiger charge is -2.37. The summed E-state index contributed by atoms with van der Waals surface area (Å²) >= 11 is 0. The molecule has 1 atom stereocenters. The Bertz CT molecular complexity index is 1340. The number of likely N-dealkylation sites (tertiary alicyclic amines) is 1. The highest BCUT2D eigenvalue weighted by atomic mass is 19.4. The van der Waals surface area contributed by atoms with E-state index in [1.807, 2.05) is 37.3 Å². The Morgan fingerprint density at radius 3 is 2.51 bits per heavy atom. The number of fused-ring (bicyclic) bond motifs is 1. The summed E-state index contributed by atoms with van der Waals surface area (Å²) in [5.74, 6) is 0.141. The molecule has 3 aliphatic heterocycles. The van der Waals surface area contributed by atoms with Gasteiger partial charge in [0.05, 0.1) is 17.8 Å². The minimum Gasteiger partial charge on any atom is -0.463 e. The normalized spacial score (nSPS) is 18.8. The molecule has 1 amide bonds. The van der Waals surface area contributed by atoms with E-state index >= 15 is 0 Å². The molecule has 0 aliphatic carbocycles. The number of hydrogen-bond acceptors (Lipinski definition) is 6. The third-order valence-electron chi connectivity index (χ3n) is 7.31. The quantitative estimate of drug-likeness (QED) is 0.499. The van der Waals surface area contributed by atoms with Crippen LogP contribution < -0.4 is 5.43 Å². The van der Waals surface area contributed by atoms with Crippen LogP contribution in [0.2, 0.25) is 0 Å². The second-order valence-electron chi connectivity index (χ2n) is 9.99. The topological polar surface area (TPSA) is 74.2 Å². The van der Waals surface area contributed by atoms with E-state index in [0.717, 1.165) is 24.1 Å². The fraction of sp³-hybridized carbons (Fsp3) is 0.345. The maximum absolute atomic E-state index is 13.7. The van der Waals surface area contributed by atoms with Gasteiger partial charge in [-0.05, 0) is 49.1 Å². The lowest BCUT2D eigenvalue weighted by Crippen LogP contribution is -2.45. The maximum Gasteiger partial charge on any atom is 0.416 e. The van der Waals surface area contributed by atoms with Crippen LogP contribution in [0.25, 0.3) is 5.57 Å². The molecule has 0 saturated carbocycles. The zero-order valence-electron chi connectivity index (χ0n) is 21.5. The Kier molecular flexibility index (Phi) is 7.31.